The monoisotopic (exact) mass is 358 g/mol. The molecule has 7 heteroatoms. The predicted molar refractivity (Wildman–Crippen MR) is 101 cm³/mol. The van der Waals surface area contributed by atoms with Crippen molar-refractivity contribution in [3.8, 4) is 0 Å². The van der Waals surface area contributed by atoms with Crippen molar-refractivity contribution in [3.63, 3.8) is 0 Å². The van der Waals surface area contributed by atoms with Gasteiger partial charge in [-0.15, -0.1) is 11.3 Å². The van der Waals surface area contributed by atoms with E-state index in [-0.39, 0.29) is 11.8 Å². The molecule has 1 aliphatic heterocycles. The van der Waals surface area contributed by atoms with Crippen LogP contribution in [0.5, 0.6) is 0 Å². The van der Waals surface area contributed by atoms with E-state index in [4.69, 9.17) is 0 Å². The molecule has 1 aromatic carbocycles. The molecule has 2 heterocycles. The van der Waals surface area contributed by atoms with Crippen LogP contribution in [0.25, 0.3) is 0 Å². The van der Waals surface area contributed by atoms with Crippen molar-refractivity contribution >= 4 is 34.5 Å². The predicted octanol–water partition coefficient (Wildman–Crippen LogP) is 2.74. The summed E-state index contributed by atoms with van der Waals surface area (Å²) >= 11 is 1.71. The van der Waals surface area contributed by atoms with E-state index >= 15 is 0 Å². The van der Waals surface area contributed by atoms with Crippen LogP contribution in [0.3, 0.4) is 0 Å². The summed E-state index contributed by atoms with van der Waals surface area (Å²) in [5.41, 5.74) is 8.89. The summed E-state index contributed by atoms with van der Waals surface area (Å²) < 4.78 is 0. The van der Waals surface area contributed by atoms with E-state index in [1.165, 1.54) is 11.8 Å². The van der Waals surface area contributed by atoms with Crippen molar-refractivity contribution in [1.29, 1.82) is 0 Å². The fourth-order valence-corrected chi connectivity index (χ4v) is 3.86. The maximum Gasteiger partial charge on any atom is 0.228 e. The maximum absolute atomic E-state index is 12.3. The van der Waals surface area contributed by atoms with Gasteiger partial charge >= 0.3 is 0 Å². The Morgan fingerprint density at radius 2 is 2.00 bits per heavy atom. The topological polar surface area (TPSA) is 82.3 Å². The molecule has 4 N–H and O–H groups in total. The van der Waals surface area contributed by atoms with Gasteiger partial charge in [0.05, 0.1) is 18.2 Å². The van der Waals surface area contributed by atoms with Gasteiger partial charge in [0.15, 0.2) is 0 Å². The van der Waals surface area contributed by atoms with E-state index in [2.05, 4.69) is 27.6 Å². The van der Waals surface area contributed by atoms with Gasteiger partial charge in [0.1, 0.15) is 0 Å². The lowest BCUT2D eigenvalue weighted by atomic mass is 10.1. The van der Waals surface area contributed by atoms with E-state index in [0.29, 0.717) is 12.5 Å². The first kappa shape index (κ1) is 17.6. The highest BCUT2D eigenvalue weighted by Gasteiger charge is 2.20. The fraction of sp³-hybridized carbons (Fsp3) is 0.333. The molecule has 1 aliphatic rings. The summed E-state index contributed by atoms with van der Waals surface area (Å²) in [6, 6.07) is 9.68. The second-order valence-corrected chi connectivity index (χ2v) is 7.42. The molecule has 0 saturated carbocycles. The summed E-state index contributed by atoms with van der Waals surface area (Å²) in [4.78, 5) is 25.7. The molecule has 1 unspecified atom stereocenters. The summed E-state index contributed by atoms with van der Waals surface area (Å²) in [6.07, 6.45) is 1.35. The minimum absolute atomic E-state index is 0.0442. The highest BCUT2D eigenvalue weighted by molar-refractivity contribution is 7.12. The highest BCUT2D eigenvalue weighted by Crippen LogP contribution is 2.32. The number of thiophene rings is 1. The molecule has 1 fully saturated rings. The van der Waals surface area contributed by atoms with Gasteiger partial charge in [0.25, 0.3) is 0 Å². The number of nitrogens with one attached hydrogen (secondary N) is 4. The third-order valence-electron chi connectivity index (χ3n) is 4.03. The minimum atomic E-state index is -0.110. The molecular weight excluding hydrogens is 336 g/mol. The van der Waals surface area contributed by atoms with Crippen LogP contribution in [0.2, 0.25) is 0 Å². The quantitative estimate of drug-likeness (QED) is 0.662. The number of carbonyl (C=O) groups excluding carboxylic acids is 2. The molecule has 0 bridgehead atoms. The number of anilines is 2. The molecule has 2 amide bonds. The van der Waals surface area contributed by atoms with Gasteiger partial charge in [0.2, 0.25) is 11.8 Å². The average Bonchev–Trinajstić information content (AvgIpc) is 3.19. The lowest BCUT2D eigenvalue weighted by Gasteiger charge is -2.07. The van der Waals surface area contributed by atoms with Crippen molar-refractivity contribution in [1.82, 2.24) is 10.9 Å². The Bertz CT molecular complexity index is 764. The molecule has 0 aliphatic carbocycles. The lowest BCUT2D eigenvalue weighted by Crippen LogP contribution is -2.24. The van der Waals surface area contributed by atoms with Gasteiger partial charge in [-0.1, -0.05) is 12.1 Å². The summed E-state index contributed by atoms with van der Waals surface area (Å²) in [6.45, 7) is 4.45. The fourth-order valence-electron chi connectivity index (χ4n) is 2.79. The van der Waals surface area contributed by atoms with Crippen LogP contribution < -0.4 is 21.5 Å². The summed E-state index contributed by atoms with van der Waals surface area (Å²) in [5, 5.41) is 5.72. The largest absolute Gasteiger partial charge is 0.326 e. The van der Waals surface area contributed by atoms with Gasteiger partial charge in [0, 0.05) is 28.9 Å². The zero-order chi connectivity index (χ0) is 17.8. The van der Waals surface area contributed by atoms with Crippen molar-refractivity contribution in [2.45, 2.75) is 32.7 Å². The number of hydrazine groups is 1. The number of carbonyl (C=O) groups is 2. The Labute approximate surface area is 151 Å². The van der Waals surface area contributed by atoms with Gasteiger partial charge < -0.3 is 10.6 Å². The standard InChI is InChI=1S/C18H22N4O2S/c1-11-16(10-17(25-11)15-7-8-19-22-15)21-18(24)9-13-3-5-14(6-4-13)20-12(2)23/h3-6,10,15,19,22H,7-9H2,1-2H3,(H,20,23)(H,21,24). The highest BCUT2D eigenvalue weighted by atomic mass is 32.1. The van der Waals surface area contributed by atoms with E-state index in [0.717, 1.165) is 34.8 Å². The second-order valence-electron chi connectivity index (χ2n) is 6.13. The van der Waals surface area contributed by atoms with E-state index in [1.807, 2.05) is 19.1 Å². The van der Waals surface area contributed by atoms with Crippen LogP contribution in [0.4, 0.5) is 11.4 Å². The molecule has 2 aromatic rings. The van der Waals surface area contributed by atoms with Crippen LogP contribution in [0.15, 0.2) is 30.3 Å². The Morgan fingerprint density at radius 3 is 2.64 bits per heavy atom. The summed E-state index contributed by atoms with van der Waals surface area (Å²) in [7, 11) is 0. The number of hydrogen-bond acceptors (Lipinski definition) is 5. The number of rotatable bonds is 5. The molecule has 6 nitrogen and oxygen atoms in total. The van der Waals surface area contributed by atoms with Crippen LogP contribution in [-0.4, -0.2) is 18.4 Å². The number of hydrogen-bond donors (Lipinski definition) is 4. The van der Waals surface area contributed by atoms with Gasteiger partial charge in [-0.25, -0.2) is 5.43 Å². The molecular formula is C18H22N4O2S. The smallest absolute Gasteiger partial charge is 0.228 e. The van der Waals surface area contributed by atoms with E-state index in [1.54, 1.807) is 23.5 Å². The van der Waals surface area contributed by atoms with Crippen LogP contribution in [-0.2, 0) is 16.0 Å². The van der Waals surface area contributed by atoms with Crippen molar-refractivity contribution in [3.05, 3.63) is 45.6 Å². The average molecular weight is 358 g/mol. The molecule has 0 spiro atoms. The van der Waals surface area contributed by atoms with Crippen molar-refractivity contribution < 1.29 is 9.59 Å². The molecule has 1 atom stereocenters. The maximum atomic E-state index is 12.3. The molecule has 0 radical (unpaired) electrons. The van der Waals surface area contributed by atoms with Crippen molar-refractivity contribution in [2.75, 3.05) is 17.2 Å². The van der Waals surface area contributed by atoms with Crippen LogP contribution >= 0.6 is 11.3 Å². The number of benzene rings is 1. The Hall–Kier alpha value is -2.22. The molecule has 3 rings (SSSR count). The van der Waals surface area contributed by atoms with Crippen molar-refractivity contribution in [2.24, 2.45) is 0 Å². The first-order valence-corrected chi connectivity index (χ1v) is 9.08. The molecule has 1 aromatic heterocycles. The third kappa shape index (κ3) is 4.66. The van der Waals surface area contributed by atoms with Crippen LogP contribution in [0, 0.1) is 6.92 Å². The summed E-state index contributed by atoms with van der Waals surface area (Å²) in [5.74, 6) is -0.154. The minimum Gasteiger partial charge on any atom is -0.326 e. The van der Waals surface area contributed by atoms with Crippen LogP contribution in [0.1, 0.15) is 34.7 Å². The first-order chi connectivity index (χ1) is 12.0. The normalized spacial score (nSPS) is 16.6. The van der Waals surface area contributed by atoms with E-state index in [9.17, 15) is 9.59 Å². The molecule has 25 heavy (non-hydrogen) atoms. The molecule has 1 saturated heterocycles. The zero-order valence-electron chi connectivity index (χ0n) is 14.3. The first-order valence-electron chi connectivity index (χ1n) is 8.26. The Balaban J connectivity index is 1.59. The molecule has 132 valence electrons. The number of amides is 2. The SMILES string of the molecule is CC(=O)Nc1ccc(CC(=O)Nc2cc(C3CCNN3)sc2C)cc1. The Morgan fingerprint density at radius 1 is 1.24 bits per heavy atom. The third-order valence-corrected chi connectivity index (χ3v) is 5.19. The Kier molecular flexibility index (Phi) is 5.47. The second kappa shape index (κ2) is 7.77. The lowest BCUT2D eigenvalue weighted by molar-refractivity contribution is -0.116. The van der Waals surface area contributed by atoms with Gasteiger partial charge in [-0.05, 0) is 37.1 Å². The van der Waals surface area contributed by atoms with Gasteiger partial charge in [-0.3, -0.25) is 15.0 Å². The number of aryl methyl sites for hydroxylation is 1. The van der Waals surface area contributed by atoms with E-state index < -0.39 is 0 Å². The van der Waals surface area contributed by atoms with Gasteiger partial charge in [-0.2, -0.15) is 0 Å². The zero-order valence-corrected chi connectivity index (χ0v) is 15.1.